The highest BCUT2D eigenvalue weighted by atomic mass is 35.5. The highest BCUT2D eigenvalue weighted by Crippen LogP contribution is 2.34. The first-order chi connectivity index (χ1) is 70.3. The minimum atomic E-state index is -3.89. The first-order valence-electron chi connectivity index (χ1n) is 48.6. The normalized spacial score (nSPS) is 18.9. The predicted molar refractivity (Wildman–Crippen MR) is 560 cm³/mol. The summed E-state index contributed by atoms with van der Waals surface area (Å²) in [7, 11) is -15.2. The molecule has 6 aliphatic heterocycles. The number of carbonyl (C=O) groups is 5. The molecule has 0 saturated carbocycles. The summed E-state index contributed by atoms with van der Waals surface area (Å²) in [5.41, 5.74) is 6.67. The second kappa shape index (κ2) is 46.0. The third-order valence-electron chi connectivity index (χ3n) is 27.3. The number of ether oxygens (including phenoxy) is 2. The molecule has 14 aromatic rings. The van der Waals surface area contributed by atoms with E-state index in [1.165, 1.54) is 24.3 Å². The van der Waals surface area contributed by atoms with Crippen molar-refractivity contribution in [1.29, 1.82) is 0 Å². The fourth-order valence-electron chi connectivity index (χ4n) is 19.5. The van der Waals surface area contributed by atoms with E-state index in [2.05, 4.69) is 67.6 Å². The van der Waals surface area contributed by atoms with Gasteiger partial charge in [0.2, 0.25) is 0 Å². The van der Waals surface area contributed by atoms with Gasteiger partial charge >= 0.3 is 0 Å². The van der Waals surface area contributed by atoms with Crippen molar-refractivity contribution in [1.82, 2.24) is 64.1 Å². The van der Waals surface area contributed by atoms with E-state index >= 15 is 0 Å². The molecule has 1 unspecified atom stereocenters. The number of hydrogen-bond donors (Lipinski definition) is 3. The van der Waals surface area contributed by atoms with E-state index < -0.39 is 45.7 Å². The molecule has 6 aliphatic rings. The maximum atomic E-state index is 14.0. The fourth-order valence-corrected chi connectivity index (χ4v) is 24.9. The monoisotopic (exact) mass is 2070 g/mol. The van der Waals surface area contributed by atoms with Gasteiger partial charge in [0.1, 0.15) is 26.2 Å². The molecule has 20 rings (SSSR count). The van der Waals surface area contributed by atoms with Gasteiger partial charge in [-0.2, -0.15) is 0 Å². The second-order valence-electron chi connectivity index (χ2n) is 37.5. The number of para-hydroxylation sites is 4. The average molecular weight is 2070 g/mol. The van der Waals surface area contributed by atoms with Crippen LogP contribution < -0.4 is 14.2 Å². The summed E-state index contributed by atoms with van der Waals surface area (Å²) < 4.78 is 137. The molecule has 7 atom stereocenters. The molecule has 6 saturated heterocycles. The number of piperazine rings is 4. The zero-order valence-corrected chi connectivity index (χ0v) is 85.4. The van der Waals surface area contributed by atoms with E-state index in [4.69, 9.17) is 21.1 Å². The van der Waals surface area contributed by atoms with Crippen LogP contribution >= 0.6 is 11.6 Å². The van der Waals surface area contributed by atoms with Crippen LogP contribution in [0.4, 0.5) is 21.5 Å². The number of rotatable bonds is 23. The molecule has 0 spiro atoms. The van der Waals surface area contributed by atoms with Gasteiger partial charge in [-0.15, -0.1) is 0 Å². The highest BCUT2D eigenvalue weighted by molar-refractivity contribution is 7.93. The number of anilines is 3. The lowest BCUT2D eigenvalue weighted by Crippen LogP contribution is -2.55. The molecule has 11 heterocycles. The van der Waals surface area contributed by atoms with Gasteiger partial charge in [0, 0.05) is 227 Å². The van der Waals surface area contributed by atoms with Crippen molar-refractivity contribution < 1.29 is 71.5 Å². The maximum Gasteiger partial charge on any atom is 0.272 e. The van der Waals surface area contributed by atoms with Gasteiger partial charge in [0.05, 0.1) is 51.0 Å². The summed E-state index contributed by atoms with van der Waals surface area (Å²) in [6.45, 7) is 23.3. The van der Waals surface area contributed by atoms with Crippen LogP contribution in [-0.2, 0) is 55.1 Å². The molecule has 758 valence electrons. The molecule has 0 bridgehead atoms. The van der Waals surface area contributed by atoms with Gasteiger partial charge in [-0.05, 0) is 228 Å². The van der Waals surface area contributed by atoms with E-state index in [0.29, 0.717) is 137 Å². The number of sulfone groups is 1. The lowest BCUT2D eigenvalue weighted by atomic mass is 10.0. The Labute approximate surface area is 854 Å². The third kappa shape index (κ3) is 24.7. The first-order valence-corrected chi connectivity index (χ1v) is 55.1. The Hall–Kier alpha value is -13.7. The van der Waals surface area contributed by atoms with Crippen LogP contribution in [0.1, 0.15) is 117 Å². The number of fused-ring (bicyclic) bond motifs is 4. The fraction of sp³-hybridized carbons (Fsp3) is 0.303. The minimum Gasteiger partial charge on any atom is -0.381 e. The van der Waals surface area contributed by atoms with Crippen molar-refractivity contribution in [3.05, 3.63) is 336 Å². The van der Waals surface area contributed by atoms with E-state index in [-0.39, 0.29) is 90.1 Å². The van der Waals surface area contributed by atoms with Crippen molar-refractivity contribution in [3.63, 3.8) is 0 Å². The van der Waals surface area contributed by atoms with E-state index in [1.807, 2.05) is 77.9 Å². The Balaban J connectivity index is 0.000000133. The number of benzene rings is 9. The molecule has 9 aromatic carbocycles. The highest BCUT2D eigenvalue weighted by Gasteiger charge is 2.37. The Morgan fingerprint density at radius 3 is 1.10 bits per heavy atom. The number of nitrogens with one attached hydrogen (secondary N) is 3. The van der Waals surface area contributed by atoms with Crippen LogP contribution in [0.2, 0.25) is 5.02 Å². The Kier molecular flexibility index (Phi) is 32.7. The average Bonchev–Trinajstić information content (AvgIpc) is 0.953. The van der Waals surface area contributed by atoms with Crippen molar-refractivity contribution >= 4 is 142 Å². The van der Waals surface area contributed by atoms with Gasteiger partial charge in [0.15, 0.2) is 9.84 Å². The molecule has 146 heavy (non-hydrogen) atoms. The Bertz CT molecular complexity index is 7360. The molecule has 31 nitrogen and oxygen atoms in total. The summed E-state index contributed by atoms with van der Waals surface area (Å²) in [6, 6.07) is 70.9. The lowest BCUT2D eigenvalue weighted by Gasteiger charge is -2.42. The Morgan fingerprint density at radius 1 is 0.384 bits per heavy atom. The number of sulfonamides is 3. The van der Waals surface area contributed by atoms with Crippen LogP contribution in [-0.4, -0.2) is 270 Å². The van der Waals surface area contributed by atoms with Crippen LogP contribution in [0.3, 0.4) is 0 Å². The maximum absolute atomic E-state index is 14.0. The van der Waals surface area contributed by atoms with Crippen molar-refractivity contribution in [2.75, 3.05) is 132 Å². The SMILES string of the molecule is CC(c1ccc(Cl)c(F)c1)N1CCN(C(=O)c2ccc(CS(=O)(=O)c3cccc4cccnc34)cc2)[C@@H](C)C1.C[C@H]1CN(C(=O)c2ccccn2)CCN1C(=O)c1ccc(NS(=O)(=O)c2cccc3cccnc23)cc1.C[C@H]1CN(C[C@@H]2CCOC2)CCN1C(=O)c1ccc(NS(=O)(=O)c2cccc3cccnc23)cc1.C[C@H]1CN(C[C@H]2CCOC2)CCN1C(=O)c1ccc(NS(=O)(=O)c2cccc3cccnc23)cc1. The van der Waals surface area contributed by atoms with Crippen LogP contribution in [0.15, 0.2) is 305 Å². The minimum absolute atomic E-state index is 0.0189. The van der Waals surface area contributed by atoms with Crippen molar-refractivity contribution in [3.8, 4) is 0 Å². The van der Waals surface area contributed by atoms with E-state index in [0.717, 1.165) is 106 Å². The number of hydrogen-bond acceptors (Lipinski definition) is 23. The molecule has 5 aromatic heterocycles. The summed E-state index contributed by atoms with van der Waals surface area (Å²) >= 11 is 5.83. The van der Waals surface area contributed by atoms with E-state index in [1.54, 1.807) is 229 Å². The largest absolute Gasteiger partial charge is 0.381 e. The third-order valence-corrected chi connectivity index (χ3v) is 33.5. The van der Waals surface area contributed by atoms with Crippen LogP contribution in [0, 0.1) is 17.7 Å². The van der Waals surface area contributed by atoms with Gasteiger partial charge in [-0.1, -0.05) is 109 Å². The quantitative estimate of drug-likeness (QED) is 0.0535. The number of aromatic nitrogens is 5. The van der Waals surface area contributed by atoms with Gasteiger partial charge in [0.25, 0.3) is 59.6 Å². The first kappa shape index (κ1) is 104. The molecule has 0 aliphatic carbocycles. The molecule has 6 fully saturated rings. The van der Waals surface area contributed by atoms with Crippen LogP contribution in [0.25, 0.3) is 43.6 Å². The summed E-state index contributed by atoms with van der Waals surface area (Å²) in [4.78, 5) is 103. The molecule has 37 heteroatoms. The molecular formula is C109H114ClFN16O15S4. The lowest BCUT2D eigenvalue weighted by molar-refractivity contribution is 0.0404. The van der Waals surface area contributed by atoms with Crippen molar-refractivity contribution in [2.24, 2.45) is 11.8 Å². The number of nitrogens with zero attached hydrogens (tertiary/aromatic N) is 13. The summed E-state index contributed by atoms with van der Waals surface area (Å²) in [5, 5.41) is 3.10. The summed E-state index contributed by atoms with van der Waals surface area (Å²) in [6.07, 6.45) is 10.1. The number of carbonyl (C=O) groups excluding carboxylic acids is 5. The smallest absolute Gasteiger partial charge is 0.272 e. The molecular weight excluding hydrogens is 1960 g/mol. The predicted octanol–water partition coefficient (Wildman–Crippen LogP) is 15.8. The molecule has 0 radical (unpaired) electrons. The summed E-state index contributed by atoms with van der Waals surface area (Å²) in [5.74, 6) is 0.0598. The van der Waals surface area contributed by atoms with Gasteiger partial charge in [-0.25, -0.2) is 38.1 Å². The Morgan fingerprint density at radius 2 is 0.740 bits per heavy atom. The van der Waals surface area contributed by atoms with Crippen LogP contribution in [0.5, 0.6) is 0 Å². The van der Waals surface area contributed by atoms with Gasteiger partial charge < -0.3 is 34.0 Å². The number of pyridine rings is 5. The molecule has 3 N–H and O–H groups in total. The number of amides is 5. The topological polar surface area (TPSA) is 367 Å². The zero-order valence-electron chi connectivity index (χ0n) is 81.4. The van der Waals surface area contributed by atoms with E-state index in [9.17, 15) is 62.0 Å². The second-order valence-corrected chi connectivity index (χ2v) is 44.8. The van der Waals surface area contributed by atoms with Gasteiger partial charge in [-0.3, -0.25) is 77.8 Å². The standard InChI is InChI=1S/C30H29ClFN3O3S.C27H25N5O4S.2C26H30N4O4S/c1-20-18-34(21(2)25-12-13-26(31)27(32)17-25)15-16-35(20)30(36)24-10-8-22(9-11-24)19-39(37,38)28-7-3-5-23-6-4-14-33-29(23)28;1-19-18-31(27(34)23-8-2-3-14-28-23)16-17-32(19)26(33)21-10-12-22(13-11-21)30-37(35,36)24-9-4-6-20-7-5-15-29-25(20)24;2*1-19-16-29(17-20-11-15-34-18-20)13-14-30(19)26(31)22-7-9-23(10-8-22)28-35(32,33)24-6-2-4-21-5-3-12-27-25(21)24/h3-14,17,20-21H,15-16,18-19H2,1-2H3;2-15,19,30H,16-18H2,1H3;2*2-10,12,19-20,28H,11,13-18H2,1H3/t20-,21?;19-;19-,20+;19-,20-/m0000/s1. The zero-order chi connectivity index (χ0) is 103. The molecule has 5 amide bonds. The number of halogens is 2. The van der Waals surface area contributed by atoms with Crippen molar-refractivity contribution in [2.45, 2.75) is 103 Å².